The number of rotatable bonds is 6. The summed E-state index contributed by atoms with van der Waals surface area (Å²) in [5, 5.41) is 4.01. The van der Waals surface area contributed by atoms with E-state index in [0.29, 0.717) is 22.8 Å². The third kappa shape index (κ3) is 4.23. The first-order chi connectivity index (χ1) is 17.6. The summed E-state index contributed by atoms with van der Waals surface area (Å²) in [6.07, 6.45) is 16.3. The number of fused-ring (bicyclic) bond motifs is 8. The minimum Gasteiger partial charge on any atom is -0.381 e. The van der Waals surface area contributed by atoms with Crippen LogP contribution >= 0.6 is 0 Å². The molecule has 10 atom stereocenters. The van der Waals surface area contributed by atoms with Gasteiger partial charge in [-0.25, -0.2) is 0 Å². The molecule has 1 nitrogen and oxygen atoms in total. The van der Waals surface area contributed by atoms with Crippen molar-refractivity contribution in [3.63, 3.8) is 0 Å². The highest BCUT2D eigenvalue weighted by Crippen LogP contribution is 2.70. The van der Waals surface area contributed by atoms with E-state index < -0.39 is 0 Å². The van der Waals surface area contributed by atoms with Gasteiger partial charge in [0.05, 0.1) is 0 Å². The predicted molar refractivity (Wildman–Crippen MR) is 159 cm³/mol. The Hall–Kier alpha value is -0.980. The van der Waals surface area contributed by atoms with Crippen LogP contribution in [0.5, 0.6) is 0 Å². The normalized spacial score (nSPS) is 43.0. The molecule has 1 aliphatic heterocycles. The maximum atomic E-state index is 4.01. The lowest BCUT2D eigenvalue weighted by Crippen LogP contribution is -2.55. The minimum atomic E-state index is 0.545. The van der Waals surface area contributed by atoms with E-state index in [1.165, 1.54) is 81.9 Å². The Kier molecular flexibility index (Phi) is 6.80. The van der Waals surface area contributed by atoms with Crippen LogP contribution in [-0.2, 0) is 0 Å². The van der Waals surface area contributed by atoms with Gasteiger partial charge < -0.3 is 5.32 Å². The first kappa shape index (κ1) is 26.3. The average molecular weight is 504 g/mol. The molecule has 4 fully saturated rings. The molecule has 0 amide bonds. The van der Waals surface area contributed by atoms with Gasteiger partial charge >= 0.3 is 0 Å². The zero-order valence-corrected chi connectivity index (χ0v) is 25.3. The van der Waals surface area contributed by atoms with Crippen LogP contribution in [0.3, 0.4) is 0 Å². The number of anilines is 1. The Balaban J connectivity index is 1.21. The van der Waals surface area contributed by atoms with Crippen LogP contribution in [0, 0.1) is 52.3 Å². The van der Waals surface area contributed by atoms with Gasteiger partial charge in [-0.05, 0) is 127 Å². The van der Waals surface area contributed by atoms with Crippen molar-refractivity contribution in [3.05, 3.63) is 29.3 Å². The van der Waals surface area contributed by atoms with Gasteiger partial charge in [0, 0.05) is 17.6 Å². The summed E-state index contributed by atoms with van der Waals surface area (Å²) in [7, 11) is 0. The Labute approximate surface area is 229 Å². The Morgan fingerprint density at radius 1 is 0.892 bits per heavy atom. The van der Waals surface area contributed by atoms with Crippen molar-refractivity contribution < 1.29 is 0 Å². The summed E-state index contributed by atoms with van der Waals surface area (Å²) in [6, 6.07) is 8.05. The Morgan fingerprint density at radius 3 is 2.43 bits per heavy atom. The highest BCUT2D eigenvalue weighted by Gasteiger charge is 2.62. The lowest BCUT2D eigenvalue weighted by atomic mass is 9.43. The Morgan fingerprint density at radius 2 is 1.68 bits per heavy atom. The predicted octanol–water partition coefficient (Wildman–Crippen LogP) is 10.4. The lowest BCUT2D eigenvalue weighted by molar-refractivity contribution is -0.118. The minimum absolute atomic E-state index is 0.545. The van der Waals surface area contributed by atoms with Crippen LogP contribution in [0.15, 0.2) is 18.2 Å². The van der Waals surface area contributed by atoms with E-state index in [1.54, 1.807) is 5.56 Å². The van der Waals surface area contributed by atoms with Crippen molar-refractivity contribution in [2.24, 2.45) is 52.3 Å². The van der Waals surface area contributed by atoms with E-state index in [4.69, 9.17) is 0 Å². The molecular formula is C36H57N. The van der Waals surface area contributed by atoms with Crippen molar-refractivity contribution >= 4 is 5.69 Å². The van der Waals surface area contributed by atoms with E-state index in [2.05, 4.69) is 72.0 Å². The van der Waals surface area contributed by atoms with Gasteiger partial charge in [0.1, 0.15) is 0 Å². The van der Waals surface area contributed by atoms with Crippen molar-refractivity contribution in [1.29, 1.82) is 0 Å². The molecule has 0 unspecified atom stereocenters. The van der Waals surface area contributed by atoms with Crippen LogP contribution < -0.4 is 5.32 Å². The van der Waals surface area contributed by atoms with E-state index in [9.17, 15) is 0 Å². The van der Waals surface area contributed by atoms with Crippen molar-refractivity contribution in [1.82, 2.24) is 0 Å². The van der Waals surface area contributed by atoms with Gasteiger partial charge in [-0.1, -0.05) is 79.9 Å². The maximum absolute atomic E-state index is 4.01. The van der Waals surface area contributed by atoms with Gasteiger partial charge in [0.2, 0.25) is 0 Å². The molecule has 1 aromatic carbocycles. The summed E-state index contributed by atoms with van der Waals surface area (Å²) in [5.74, 6) is 8.01. The van der Waals surface area contributed by atoms with Gasteiger partial charge in [0.25, 0.3) is 0 Å². The van der Waals surface area contributed by atoms with Crippen LogP contribution in [0.1, 0.15) is 142 Å². The van der Waals surface area contributed by atoms with E-state index in [0.717, 1.165) is 47.3 Å². The fourth-order valence-corrected chi connectivity index (χ4v) is 11.4. The molecule has 1 heteroatoms. The molecule has 4 saturated carbocycles. The van der Waals surface area contributed by atoms with Crippen LogP contribution in [0.2, 0.25) is 0 Å². The topological polar surface area (TPSA) is 12.0 Å². The molecule has 5 aliphatic rings. The van der Waals surface area contributed by atoms with E-state index in [1.807, 2.05) is 0 Å². The molecule has 1 heterocycles. The quantitative estimate of drug-likeness (QED) is 0.407. The van der Waals surface area contributed by atoms with Gasteiger partial charge in [0.15, 0.2) is 0 Å². The average Bonchev–Trinajstić information content (AvgIpc) is 3.38. The summed E-state index contributed by atoms with van der Waals surface area (Å²) in [6.45, 7) is 17.7. The first-order valence-corrected chi connectivity index (χ1v) is 16.5. The summed E-state index contributed by atoms with van der Waals surface area (Å²) >= 11 is 0. The molecule has 6 rings (SSSR count). The summed E-state index contributed by atoms with van der Waals surface area (Å²) < 4.78 is 0. The van der Waals surface area contributed by atoms with Gasteiger partial charge in [-0.3, -0.25) is 0 Å². The Bertz CT molecular complexity index is 977. The number of nitrogens with one attached hydrogen (secondary N) is 1. The lowest BCUT2D eigenvalue weighted by Gasteiger charge is -2.62. The first-order valence-electron chi connectivity index (χ1n) is 16.5. The van der Waals surface area contributed by atoms with E-state index >= 15 is 0 Å². The number of hydrogen-bond donors (Lipinski definition) is 1. The van der Waals surface area contributed by atoms with Crippen LogP contribution in [0.4, 0.5) is 5.69 Å². The van der Waals surface area contributed by atoms with Crippen molar-refractivity contribution in [2.45, 2.75) is 137 Å². The molecule has 1 aromatic rings. The second kappa shape index (κ2) is 9.59. The molecule has 0 saturated heterocycles. The highest BCUT2D eigenvalue weighted by atomic mass is 15.0. The largest absolute Gasteiger partial charge is 0.381 e. The third-order valence-electron chi connectivity index (χ3n) is 13.4. The smallest absolute Gasteiger partial charge is 0.0378 e. The zero-order valence-electron chi connectivity index (χ0n) is 25.3. The maximum Gasteiger partial charge on any atom is 0.0378 e. The summed E-state index contributed by atoms with van der Waals surface area (Å²) in [4.78, 5) is 0. The third-order valence-corrected chi connectivity index (χ3v) is 13.4. The molecule has 1 N–H and O–H groups in total. The number of hydrogen-bond acceptors (Lipinski definition) is 1. The van der Waals surface area contributed by atoms with Crippen molar-refractivity contribution in [3.8, 4) is 0 Å². The van der Waals surface area contributed by atoms with Gasteiger partial charge in [-0.15, -0.1) is 0 Å². The van der Waals surface area contributed by atoms with Crippen LogP contribution in [0.25, 0.3) is 0 Å². The molecule has 206 valence electrons. The van der Waals surface area contributed by atoms with Crippen LogP contribution in [-0.4, -0.2) is 6.04 Å². The molecule has 0 bridgehead atoms. The molecular weight excluding hydrogens is 446 g/mol. The second-order valence-electron chi connectivity index (χ2n) is 16.0. The van der Waals surface area contributed by atoms with E-state index in [-0.39, 0.29) is 0 Å². The standard InChI is InChI=1S/C36H57N/c1-22(2)9-8-10-24(5)30-14-15-31-27-13-12-26-20-34-29(21-36(26,7)32(27)17-18-35(30,31)6)28-19-25(23(3)4)11-16-33(28)37-34/h11,16,19,22-24,26-27,29-32,34,37H,8-10,12-15,17-18,20-21H2,1-7H3/t24-,26+,27-,29+,30-,31+,32+,34+,35-,36+/m1/s1. The fraction of sp³-hybridized carbons (Fsp3) is 0.833. The van der Waals surface area contributed by atoms with Crippen molar-refractivity contribution in [2.75, 3.05) is 5.32 Å². The molecule has 0 radical (unpaired) electrons. The number of benzene rings is 1. The highest BCUT2D eigenvalue weighted by molar-refractivity contribution is 5.61. The SMILES string of the molecule is CC(C)CCC[C@@H](C)[C@H]1CC[C@H]2[C@H]3CC[C@H]4C[C@@H]5Nc6ccc(C(C)C)cc6[C@@H]5C[C@]4(C)[C@H]3CC[C@]12C. The molecule has 4 aliphatic carbocycles. The molecule has 0 spiro atoms. The second-order valence-corrected chi connectivity index (χ2v) is 16.0. The summed E-state index contributed by atoms with van der Waals surface area (Å²) in [5.41, 5.74) is 5.81. The molecule has 37 heavy (non-hydrogen) atoms. The molecule has 0 aromatic heterocycles. The van der Waals surface area contributed by atoms with Gasteiger partial charge in [-0.2, -0.15) is 0 Å². The fourth-order valence-electron chi connectivity index (χ4n) is 11.4. The monoisotopic (exact) mass is 503 g/mol. The zero-order chi connectivity index (χ0) is 26.1.